The van der Waals surface area contributed by atoms with Crippen LogP contribution in [0.3, 0.4) is 0 Å². The number of rotatable bonds is 3. The minimum Gasteiger partial charge on any atom is -0.457 e. The highest BCUT2D eigenvalue weighted by Gasteiger charge is 2.08. The summed E-state index contributed by atoms with van der Waals surface area (Å²) in [4.78, 5) is 15.7. The molecule has 5 heteroatoms. The number of carbonyl (C=O) groups is 1. The average molecular weight is 307 g/mol. The van der Waals surface area contributed by atoms with E-state index in [2.05, 4.69) is 20.9 Å². The summed E-state index contributed by atoms with van der Waals surface area (Å²) in [7, 11) is 0. The van der Waals surface area contributed by atoms with Gasteiger partial charge in [-0.15, -0.1) is 0 Å². The van der Waals surface area contributed by atoms with E-state index in [1.54, 1.807) is 42.7 Å². The van der Waals surface area contributed by atoms with Crippen LogP contribution in [0, 0.1) is 0 Å². The van der Waals surface area contributed by atoms with Crippen molar-refractivity contribution in [2.75, 3.05) is 5.73 Å². The molecule has 0 atom stereocenters. The Labute approximate surface area is 113 Å². The van der Waals surface area contributed by atoms with Crippen molar-refractivity contribution in [2.24, 2.45) is 0 Å². The van der Waals surface area contributed by atoms with Crippen LogP contribution in [0.15, 0.2) is 47.2 Å². The van der Waals surface area contributed by atoms with Gasteiger partial charge in [-0.25, -0.2) is 4.79 Å². The van der Waals surface area contributed by atoms with E-state index in [1.165, 1.54) is 0 Å². The quantitative estimate of drug-likeness (QED) is 0.699. The fourth-order valence-electron chi connectivity index (χ4n) is 1.38. The van der Waals surface area contributed by atoms with E-state index < -0.39 is 5.97 Å². The van der Waals surface area contributed by atoms with E-state index in [4.69, 9.17) is 10.5 Å². The summed E-state index contributed by atoms with van der Waals surface area (Å²) in [5.74, 6) is -0.397. The zero-order valence-corrected chi connectivity index (χ0v) is 11.1. The van der Waals surface area contributed by atoms with Gasteiger partial charge in [-0.05, 0) is 51.8 Å². The van der Waals surface area contributed by atoms with E-state index in [0.717, 1.165) is 10.0 Å². The van der Waals surface area contributed by atoms with Gasteiger partial charge in [0.1, 0.15) is 6.61 Å². The summed E-state index contributed by atoms with van der Waals surface area (Å²) >= 11 is 3.27. The number of aromatic nitrogens is 1. The molecule has 0 unspecified atom stereocenters. The van der Waals surface area contributed by atoms with E-state index in [9.17, 15) is 4.79 Å². The Morgan fingerprint density at radius 3 is 2.67 bits per heavy atom. The zero-order valence-electron chi connectivity index (χ0n) is 9.47. The van der Waals surface area contributed by atoms with Crippen molar-refractivity contribution >= 4 is 27.6 Å². The van der Waals surface area contributed by atoms with E-state index in [0.29, 0.717) is 11.3 Å². The molecule has 92 valence electrons. The third-order valence-corrected chi connectivity index (χ3v) is 3.07. The molecule has 2 N–H and O–H groups in total. The summed E-state index contributed by atoms with van der Waals surface area (Å²) in [6, 6.07) is 8.55. The van der Waals surface area contributed by atoms with Crippen molar-refractivity contribution in [1.29, 1.82) is 0 Å². The number of anilines is 1. The van der Waals surface area contributed by atoms with Gasteiger partial charge in [0.25, 0.3) is 0 Å². The van der Waals surface area contributed by atoms with Crippen LogP contribution in [0.25, 0.3) is 0 Å². The molecular formula is C13H11BrN2O2. The Balaban J connectivity index is 2.02. The van der Waals surface area contributed by atoms with Gasteiger partial charge >= 0.3 is 5.97 Å². The van der Waals surface area contributed by atoms with Crippen LogP contribution < -0.4 is 5.73 Å². The van der Waals surface area contributed by atoms with Crippen LogP contribution in [-0.4, -0.2) is 11.0 Å². The number of hydrogen-bond donors (Lipinski definition) is 1. The maximum Gasteiger partial charge on any atom is 0.338 e. The predicted octanol–water partition coefficient (Wildman–Crippen LogP) is 2.78. The predicted molar refractivity (Wildman–Crippen MR) is 71.9 cm³/mol. The Morgan fingerprint density at radius 2 is 2.00 bits per heavy atom. The lowest BCUT2D eigenvalue weighted by Gasteiger charge is -2.06. The molecule has 2 rings (SSSR count). The number of esters is 1. The molecule has 0 saturated heterocycles. The first-order valence-corrected chi connectivity index (χ1v) is 6.07. The van der Waals surface area contributed by atoms with Gasteiger partial charge in [-0.3, -0.25) is 4.98 Å². The third kappa shape index (κ3) is 3.07. The summed E-state index contributed by atoms with van der Waals surface area (Å²) < 4.78 is 5.93. The number of ether oxygens (including phenoxy) is 1. The van der Waals surface area contributed by atoms with Crippen molar-refractivity contribution < 1.29 is 9.53 Å². The first kappa shape index (κ1) is 12.6. The molecule has 0 radical (unpaired) electrons. The molecular weight excluding hydrogens is 296 g/mol. The van der Waals surface area contributed by atoms with Gasteiger partial charge < -0.3 is 10.5 Å². The number of carbonyl (C=O) groups excluding carboxylic acids is 1. The van der Waals surface area contributed by atoms with Crippen LogP contribution in [0.5, 0.6) is 0 Å². The molecule has 0 spiro atoms. The Kier molecular flexibility index (Phi) is 3.94. The minimum atomic E-state index is -0.397. The first-order chi connectivity index (χ1) is 8.66. The fraction of sp³-hybridized carbons (Fsp3) is 0.0769. The van der Waals surface area contributed by atoms with Gasteiger partial charge in [0.15, 0.2) is 0 Å². The molecule has 0 aliphatic heterocycles. The number of nitrogens with two attached hydrogens (primary N) is 1. The van der Waals surface area contributed by atoms with Crippen molar-refractivity contribution in [3.8, 4) is 0 Å². The van der Waals surface area contributed by atoms with Gasteiger partial charge in [0.2, 0.25) is 0 Å². The summed E-state index contributed by atoms with van der Waals surface area (Å²) in [6.07, 6.45) is 3.31. The highest BCUT2D eigenvalue weighted by atomic mass is 79.9. The molecule has 18 heavy (non-hydrogen) atoms. The maximum absolute atomic E-state index is 11.8. The molecule has 1 heterocycles. The lowest BCUT2D eigenvalue weighted by atomic mass is 10.2. The third-order valence-electron chi connectivity index (χ3n) is 2.35. The lowest BCUT2D eigenvalue weighted by molar-refractivity contribution is 0.0472. The molecule has 4 nitrogen and oxygen atoms in total. The smallest absolute Gasteiger partial charge is 0.338 e. The fourth-order valence-corrected chi connectivity index (χ4v) is 1.63. The van der Waals surface area contributed by atoms with E-state index in [1.807, 2.05) is 0 Å². The second-order valence-corrected chi connectivity index (χ2v) is 4.52. The molecule has 0 saturated carbocycles. The van der Waals surface area contributed by atoms with Crippen molar-refractivity contribution in [1.82, 2.24) is 4.98 Å². The number of nitrogens with zero attached hydrogens (tertiary/aromatic N) is 1. The Bertz CT molecular complexity index is 558. The van der Waals surface area contributed by atoms with Gasteiger partial charge in [0.05, 0.1) is 5.56 Å². The molecule has 1 aromatic heterocycles. The lowest BCUT2D eigenvalue weighted by Crippen LogP contribution is -2.06. The number of nitrogen functional groups attached to an aromatic ring is 1. The number of hydrogen-bond acceptors (Lipinski definition) is 4. The van der Waals surface area contributed by atoms with Crippen LogP contribution in [0.2, 0.25) is 0 Å². The number of pyridine rings is 1. The average Bonchev–Trinajstić information content (AvgIpc) is 2.40. The van der Waals surface area contributed by atoms with Gasteiger partial charge in [-0.2, -0.15) is 0 Å². The van der Waals surface area contributed by atoms with Crippen molar-refractivity contribution in [2.45, 2.75) is 6.61 Å². The monoisotopic (exact) mass is 306 g/mol. The molecule has 0 bridgehead atoms. The van der Waals surface area contributed by atoms with E-state index in [-0.39, 0.29) is 6.61 Å². The van der Waals surface area contributed by atoms with Gasteiger partial charge in [0, 0.05) is 22.6 Å². The SMILES string of the molecule is Nc1cc(C(=O)OCc2ccncc2)ccc1Br. The summed E-state index contributed by atoms with van der Waals surface area (Å²) in [6.45, 7) is 0.220. The van der Waals surface area contributed by atoms with Crippen molar-refractivity contribution in [3.63, 3.8) is 0 Å². The topological polar surface area (TPSA) is 65.2 Å². The Morgan fingerprint density at radius 1 is 1.28 bits per heavy atom. The van der Waals surface area contributed by atoms with Crippen LogP contribution in [-0.2, 0) is 11.3 Å². The molecule has 2 aromatic rings. The molecule has 0 fully saturated rings. The highest BCUT2D eigenvalue weighted by molar-refractivity contribution is 9.10. The van der Waals surface area contributed by atoms with Crippen LogP contribution in [0.4, 0.5) is 5.69 Å². The highest BCUT2D eigenvalue weighted by Crippen LogP contribution is 2.20. The maximum atomic E-state index is 11.8. The molecule has 0 aliphatic rings. The molecule has 0 amide bonds. The number of benzene rings is 1. The molecule has 1 aromatic carbocycles. The van der Waals surface area contributed by atoms with Crippen LogP contribution >= 0.6 is 15.9 Å². The minimum absolute atomic E-state index is 0.220. The standard InChI is InChI=1S/C13H11BrN2O2/c14-11-2-1-10(7-12(11)15)13(17)18-8-9-3-5-16-6-4-9/h1-7H,8,15H2. The summed E-state index contributed by atoms with van der Waals surface area (Å²) in [5.41, 5.74) is 7.54. The van der Waals surface area contributed by atoms with Crippen LogP contribution in [0.1, 0.15) is 15.9 Å². The normalized spacial score (nSPS) is 10.1. The van der Waals surface area contributed by atoms with Gasteiger partial charge in [-0.1, -0.05) is 0 Å². The largest absolute Gasteiger partial charge is 0.457 e. The second-order valence-electron chi connectivity index (χ2n) is 3.67. The Hall–Kier alpha value is -1.88. The van der Waals surface area contributed by atoms with Crippen molar-refractivity contribution in [3.05, 3.63) is 58.3 Å². The number of halogens is 1. The molecule has 0 aliphatic carbocycles. The zero-order chi connectivity index (χ0) is 13.0. The first-order valence-electron chi connectivity index (χ1n) is 5.28. The van der Waals surface area contributed by atoms with E-state index >= 15 is 0 Å². The summed E-state index contributed by atoms with van der Waals surface area (Å²) in [5, 5.41) is 0. The second kappa shape index (κ2) is 5.64.